The van der Waals surface area contributed by atoms with Crippen LogP contribution < -0.4 is 21.7 Å². The van der Waals surface area contributed by atoms with Crippen LogP contribution in [-0.2, 0) is 10.9 Å². The second kappa shape index (κ2) is 9.65. The number of anilines is 6. The van der Waals surface area contributed by atoms with E-state index in [1.807, 2.05) is 0 Å². The number of nitrogens with two attached hydrogens (primary N) is 1. The average molecular weight is 495 g/mol. The van der Waals surface area contributed by atoms with E-state index in [4.69, 9.17) is 10.5 Å². The third kappa shape index (κ3) is 7.19. The molecule has 0 unspecified atom stereocenters. The number of carbonyl (C=O) groups is 1. The van der Waals surface area contributed by atoms with E-state index in [1.165, 1.54) is 24.3 Å². The number of carbonyl (C=O) groups excluding carboxylic acids is 1. The summed E-state index contributed by atoms with van der Waals surface area (Å²) in [5, 5.41) is 8.08. The first-order chi connectivity index (χ1) is 16.2. The Morgan fingerprint density at radius 3 is 2.03 bits per heavy atom. The van der Waals surface area contributed by atoms with Gasteiger partial charge >= 0.3 is 12.3 Å². The normalized spacial score (nSPS) is 11.7. The smallest absolute Gasteiger partial charge is 0.416 e. The van der Waals surface area contributed by atoms with Crippen molar-refractivity contribution in [2.75, 3.05) is 21.7 Å². The van der Waals surface area contributed by atoms with Gasteiger partial charge in [-0.3, -0.25) is 5.32 Å². The molecule has 0 aliphatic heterocycles. The number of halogens is 5. The SMILES string of the molecule is CC(C)(C)OC(=O)Nc1cc(Nc2ccc(C(F)(F)F)cc2)nc(Nc2cc(F)c(F)cc2N)c1. The molecule has 1 amide bonds. The summed E-state index contributed by atoms with van der Waals surface area (Å²) in [5.41, 5.74) is 4.50. The summed E-state index contributed by atoms with van der Waals surface area (Å²) < 4.78 is 70.8. The highest BCUT2D eigenvalue weighted by atomic mass is 19.4. The van der Waals surface area contributed by atoms with Crippen molar-refractivity contribution in [3.8, 4) is 0 Å². The van der Waals surface area contributed by atoms with Gasteiger partial charge in [-0.1, -0.05) is 0 Å². The van der Waals surface area contributed by atoms with Gasteiger partial charge in [-0.2, -0.15) is 13.2 Å². The van der Waals surface area contributed by atoms with Crippen molar-refractivity contribution in [3.05, 3.63) is 65.7 Å². The largest absolute Gasteiger partial charge is 0.444 e. The lowest BCUT2D eigenvalue weighted by Crippen LogP contribution is -2.27. The first-order valence-electron chi connectivity index (χ1n) is 10.2. The Labute approximate surface area is 197 Å². The van der Waals surface area contributed by atoms with Crippen molar-refractivity contribution in [3.63, 3.8) is 0 Å². The molecule has 35 heavy (non-hydrogen) atoms. The molecule has 5 N–H and O–H groups in total. The Morgan fingerprint density at radius 1 is 0.886 bits per heavy atom. The molecule has 1 aromatic heterocycles. The van der Waals surface area contributed by atoms with Crippen LogP contribution in [0.5, 0.6) is 0 Å². The number of aromatic nitrogens is 1. The zero-order valence-corrected chi connectivity index (χ0v) is 18.8. The third-order valence-corrected chi connectivity index (χ3v) is 4.31. The second-order valence-corrected chi connectivity index (χ2v) is 8.43. The first kappa shape index (κ1) is 25.5. The number of rotatable bonds is 5. The monoisotopic (exact) mass is 495 g/mol. The zero-order chi connectivity index (χ0) is 26.0. The Morgan fingerprint density at radius 2 is 1.46 bits per heavy atom. The van der Waals surface area contributed by atoms with E-state index in [-0.39, 0.29) is 34.4 Å². The molecule has 0 aliphatic rings. The third-order valence-electron chi connectivity index (χ3n) is 4.31. The van der Waals surface area contributed by atoms with Gasteiger partial charge in [0.25, 0.3) is 0 Å². The summed E-state index contributed by atoms with van der Waals surface area (Å²) in [4.78, 5) is 16.5. The molecule has 2 aromatic carbocycles. The van der Waals surface area contributed by atoms with Crippen LogP contribution in [0.25, 0.3) is 0 Å². The lowest BCUT2D eigenvalue weighted by atomic mass is 10.2. The number of ether oxygens (including phenoxy) is 1. The van der Waals surface area contributed by atoms with Gasteiger partial charge in [-0.05, 0) is 45.0 Å². The highest BCUT2D eigenvalue weighted by Crippen LogP contribution is 2.31. The average Bonchev–Trinajstić information content (AvgIpc) is 2.70. The Balaban J connectivity index is 1.93. The molecule has 3 aromatic rings. The Bertz CT molecular complexity index is 1220. The summed E-state index contributed by atoms with van der Waals surface area (Å²) in [6.07, 6.45) is -5.27. The van der Waals surface area contributed by atoms with Gasteiger partial charge in [-0.15, -0.1) is 0 Å². The molecule has 0 saturated heterocycles. The van der Waals surface area contributed by atoms with E-state index >= 15 is 0 Å². The minimum atomic E-state index is -4.49. The molecule has 0 aliphatic carbocycles. The van der Waals surface area contributed by atoms with Crippen LogP contribution in [0.2, 0.25) is 0 Å². The number of nitrogen functional groups attached to an aromatic ring is 1. The number of hydrogen-bond donors (Lipinski definition) is 4. The van der Waals surface area contributed by atoms with Crippen LogP contribution in [0.4, 0.5) is 61.1 Å². The topological polar surface area (TPSA) is 101 Å². The number of amides is 1. The van der Waals surface area contributed by atoms with Gasteiger partial charge in [-0.25, -0.2) is 18.6 Å². The van der Waals surface area contributed by atoms with Gasteiger partial charge < -0.3 is 21.1 Å². The quantitative estimate of drug-likeness (QED) is 0.230. The summed E-state index contributed by atoms with van der Waals surface area (Å²) >= 11 is 0. The van der Waals surface area contributed by atoms with Crippen molar-refractivity contribution < 1.29 is 31.5 Å². The summed E-state index contributed by atoms with van der Waals surface area (Å²) in [7, 11) is 0. The fourth-order valence-corrected chi connectivity index (χ4v) is 2.85. The fraction of sp³-hybridized carbons (Fsp3) is 0.217. The Hall–Kier alpha value is -4.09. The van der Waals surface area contributed by atoms with Gasteiger partial charge in [0.15, 0.2) is 11.6 Å². The van der Waals surface area contributed by atoms with Crippen LogP contribution in [0.1, 0.15) is 26.3 Å². The molecule has 0 spiro atoms. The fourth-order valence-electron chi connectivity index (χ4n) is 2.85. The van der Waals surface area contributed by atoms with Crippen molar-refractivity contribution in [1.29, 1.82) is 0 Å². The number of nitrogens with one attached hydrogen (secondary N) is 3. The standard InChI is InChI=1S/C23H22F5N5O2/c1-22(2,3)35-21(34)31-14-8-19(30-13-6-4-12(5-7-13)23(26,27)28)33-20(9-14)32-18-11-16(25)15(24)10-17(18)29/h4-11H,29H2,1-3H3,(H3,30,31,32,33,34). The lowest BCUT2D eigenvalue weighted by Gasteiger charge is -2.20. The van der Waals surface area contributed by atoms with Gasteiger partial charge in [0.05, 0.1) is 22.6 Å². The van der Waals surface area contributed by atoms with Gasteiger partial charge in [0.1, 0.15) is 17.2 Å². The van der Waals surface area contributed by atoms with E-state index in [2.05, 4.69) is 20.9 Å². The maximum atomic E-state index is 13.7. The highest BCUT2D eigenvalue weighted by molar-refractivity contribution is 5.87. The van der Waals surface area contributed by atoms with Crippen LogP contribution in [0, 0.1) is 11.6 Å². The molecular formula is C23H22F5N5O2. The van der Waals surface area contributed by atoms with Crippen LogP contribution in [0.3, 0.4) is 0 Å². The van der Waals surface area contributed by atoms with Crippen LogP contribution >= 0.6 is 0 Å². The molecule has 12 heteroatoms. The zero-order valence-electron chi connectivity index (χ0n) is 18.8. The van der Waals surface area contributed by atoms with Crippen molar-refractivity contribution >= 4 is 40.5 Å². The number of nitrogens with zero attached hydrogens (tertiary/aromatic N) is 1. The van der Waals surface area contributed by atoms with E-state index < -0.39 is 35.1 Å². The van der Waals surface area contributed by atoms with E-state index in [1.54, 1.807) is 20.8 Å². The van der Waals surface area contributed by atoms with Crippen molar-refractivity contribution in [1.82, 2.24) is 4.98 Å². The summed E-state index contributed by atoms with van der Waals surface area (Å²) in [5.74, 6) is -2.11. The lowest BCUT2D eigenvalue weighted by molar-refractivity contribution is -0.137. The van der Waals surface area contributed by atoms with Gasteiger partial charge in [0.2, 0.25) is 0 Å². The molecule has 1 heterocycles. The van der Waals surface area contributed by atoms with Crippen LogP contribution in [0.15, 0.2) is 48.5 Å². The molecule has 0 radical (unpaired) electrons. The van der Waals surface area contributed by atoms with Gasteiger partial charge in [0, 0.05) is 30.0 Å². The van der Waals surface area contributed by atoms with E-state index in [0.717, 1.165) is 24.3 Å². The van der Waals surface area contributed by atoms with Crippen LogP contribution in [-0.4, -0.2) is 16.7 Å². The predicted octanol–water partition coefficient (Wildman–Crippen LogP) is 6.80. The molecule has 3 rings (SSSR count). The number of pyridine rings is 1. The van der Waals surface area contributed by atoms with E-state index in [9.17, 15) is 26.7 Å². The number of alkyl halides is 3. The molecular weight excluding hydrogens is 473 g/mol. The summed E-state index contributed by atoms with van der Waals surface area (Å²) in [6, 6.07) is 8.62. The molecule has 0 fully saturated rings. The first-order valence-corrected chi connectivity index (χ1v) is 10.2. The Kier molecular flexibility index (Phi) is 7.04. The molecule has 0 bridgehead atoms. The second-order valence-electron chi connectivity index (χ2n) is 8.43. The molecule has 7 nitrogen and oxygen atoms in total. The molecule has 0 saturated carbocycles. The maximum absolute atomic E-state index is 13.7. The minimum Gasteiger partial charge on any atom is -0.444 e. The molecule has 0 atom stereocenters. The van der Waals surface area contributed by atoms with Crippen molar-refractivity contribution in [2.45, 2.75) is 32.5 Å². The highest BCUT2D eigenvalue weighted by Gasteiger charge is 2.30. The minimum absolute atomic E-state index is 0.00583. The molecule has 186 valence electrons. The van der Waals surface area contributed by atoms with Crippen molar-refractivity contribution in [2.24, 2.45) is 0 Å². The van der Waals surface area contributed by atoms with E-state index in [0.29, 0.717) is 0 Å². The summed E-state index contributed by atoms with van der Waals surface area (Å²) in [6.45, 7) is 5.03. The maximum Gasteiger partial charge on any atom is 0.416 e. The number of benzene rings is 2. The number of hydrogen-bond acceptors (Lipinski definition) is 6. The predicted molar refractivity (Wildman–Crippen MR) is 123 cm³/mol.